The molecule has 2 aliphatic heterocycles. The van der Waals surface area contributed by atoms with Gasteiger partial charge >= 0.3 is 0 Å². The van der Waals surface area contributed by atoms with E-state index in [-0.39, 0.29) is 12.1 Å². The molecule has 86 valence electrons. The summed E-state index contributed by atoms with van der Waals surface area (Å²) in [5.41, 5.74) is 6.12. The summed E-state index contributed by atoms with van der Waals surface area (Å²) < 4.78 is 5.85. The van der Waals surface area contributed by atoms with Crippen LogP contribution in [0, 0.1) is 0 Å². The first kappa shape index (κ1) is 11.1. The minimum Gasteiger partial charge on any atom is -0.374 e. The number of hydrogen-bond acceptors (Lipinski definition) is 3. The first-order chi connectivity index (χ1) is 7.31. The van der Waals surface area contributed by atoms with Gasteiger partial charge in [-0.25, -0.2) is 0 Å². The maximum atomic E-state index is 6.12. The van der Waals surface area contributed by atoms with Crippen molar-refractivity contribution in [2.45, 2.75) is 43.9 Å². The van der Waals surface area contributed by atoms with Crippen LogP contribution in [0.1, 0.15) is 25.7 Å². The van der Waals surface area contributed by atoms with E-state index in [1.54, 1.807) is 0 Å². The van der Waals surface area contributed by atoms with Gasteiger partial charge in [0.15, 0.2) is 0 Å². The molecule has 2 N–H and O–H groups in total. The zero-order valence-corrected chi connectivity index (χ0v) is 9.40. The molecule has 0 aliphatic carbocycles. The third-order valence-electron chi connectivity index (χ3n) is 3.60. The number of ether oxygens (including phenoxy) is 1. The molecule has 2 aliphatic rings. The van der Waals surface area contributed by atoms with Crippen LogP contribution < -0.4 is 5.73 Å². The van der Waals surface area contributed by atoms with Gasteiger partial charge in [0.05, 0.1) is 12.7 Å². The summed E-state index contributed by atoms with van der Waals surface area (Å²) >= 11 is 0. The molecule has 2 saturated heterocycles. The van der Waals surface area contributed by atoms with Gasteiger partial charge in [-0.1, -0.05) is 6.08 Å². The zero-order valence-electron chi connectivity index (χ0n) is 9.40. The molecule has 0 amide bonds. The van der Waals surface area contributed by atoms with E-state index in [1.807, 2.05) is 6.08 Å². The molecule has 0 aromatic heterocycles. The van der Waals surface area contributed by atoms with Crippen molar-refractivity contribution in [1.82, 2.24) is 4.90 Å². The highest BCUT2D eigenvalue weighted by Gasteiger charge is 2.34. The maximum absolute atomic E-state index is 6.12. The van der Waals surface area contributed by atoms with Gasteiger partial charge < -0.3 is 10.5 Å². The lowest BCUT2D eigenvalue weighted by molar-refractivity contribution is -0.0599. The van der Waals surface area contributed by atoms with Gasteiger partial charge in [0, 0.05) is 18.6 Å². The number of allylic oxidation sites excluding steroid dienone is 1. The molecule has 3 heteroatoms. The molecule has 3 nitrogen and oxygen atoms in total. The smallest absolute Gasteiger partial charge is 0.0853 e. The molecule has 2 rings (SSSR count). The fourth-order valence-corrected chi connectivity index (χ4v) is 2.60. The molecular formula is C12H22N2O. The molecule has 3 unspecified atom stereocenters. The van der Waals surface area contributed by atoms with E-state index in [2.05, 4.69) is 11.5 Å². The summed E-state index contributed by atoms with van der Waals surface area (Å²) in [5, 5.41) is 0. The summed E-state index contributed by atoms with van der Waals surface area (Å²) in [7, 11) is 0. The van der Waals surface area contributed by atoms with Crippen LogP contribution in [0.5, 0.6) is 0 Å². The lowest BCUT2D eigenvalue weighted by Crippen LogP contribution is -2.52. The van der Waals surface area contributed by atoms with Gasteiger partial charge in [-0.3, -0.25) is 4.90 Å². The topological polar surface area (TPSA) is 38.5 Å². The van der Waals surface area contributed by atoms with Crippen LogP contribution >= 0.6 is 0 Å². The van der Waals surface area contributed by atoms with Crippen LogP contribution in [0.3, 0.4) is 0 Å². The molecule has 2 heterocycles. The fraction of sp³-hybridized carbons (Fsp3) is 0.833. The van der Waals surface area contributed by atoms with Crippen molar-refractivity contribution in [2.75, 3.05) is 19.7 Å². The highest BCUT2D eigenvalue weighted by molar-refractivity contribution is 4.89. The predicted molar refractivity (Wildman–Crippen MR) is 61.7 cm³/mol. The molecule has 15 heavy (non-hydrogen) atoms. The molecular weight excluding hydrogens is 188 g/mol. The van der Waals surface area contributed by atoms with Crippen LogP contribution in [0.2, 0.25) is 0 Å². The molecule has 0 spiro atoms. The summed E-state index contributed by atoms with van der Waals surface area (Å²) in [6, 6.07) is 0.845. The van der Waals surface area contributed by atoms with E-state index in [0.29, 0.717) is 6.04 Å². The Kier molecular flexibility index (Phi) is 3.78. The first-order valence-electron chi connectivity index (χ1n) is 6.03. The lowest BCUT2D eigenvalue weighted by atomic mass is 10.0. The Hall–Kier alpha value is -0.380. The average molecular weight is 210 g/mol. The van der Waals surface area contributed by atoms with E-state index in [4.69, 9.17) is 10.5 Å². The molecule has 2 fully saturated rings. The summed E-state index contributed by atoms with van der Waals surface area (Å²) in [5.74, 6) is 0. The normalized spacial score (nSPS) is 33.7. The highest BCUT2D eigenvalue weighted by atomic mass is 16.5. The molecule has 3 atom stereocenters. The van der Waals surface area contributed by atoms with Crippen molar-refractivity contribution < 1.29 is 4.74 Å². The zero-order chi connectivity index (χ0) is 10.7. The standard InChI is InChI=1S/C12H22N2O/c1-2-3-6-11(13)12-8-14-7-4-5-10(14)9-15-12/h2,10-12H,1,3-9,13H2. The predicted octanol–water partition coefficient (Wildman–Crippen LogP) is 1.14. The molecule has 0 saturated carbocycles. The summed E-state index contributed by atoms with van der Waals surface area (Å²) in [6.45, 7) is 6.87. The second kappa shape index (κ2) is 5.10. The Morgan fingerprint density at radius 2 is 2.47 bits per heavy atom. The number of fused-ring (bicyclic) bond motifs is 1. The number of morpholine rings is 1. The Balaban J connectivity index is 1.81. The quantitative estimate of drug-likeness (QED) is 0.707. The number of rotatable bonds is 4. The molecule has 0 aromatic rings. The van der Waals surface area contributed by atoms with E-state index in [1.165, 1.54) is 19.4 Å². The van der Waals surface area contributed by atoms with Gasteiger partial charge in [0.2, 0.25) is 0 Å². The second-order valence-corrected chi connectivity index (χ2v) is 4.69. The van der Waals surface area contributed by atoms with E-state index in [9.17, 15) is 0 Å². The van der Waals surface area contributed by atoms with Crippen molar-refractivity contribution >= 4 is 0 Å². The maximum Gasteiger partial charge on any atom is 0.0853 e. The Labute approximate surface area is 92.3 Å². The van der Waals surface area contributed by atoms with E-state index >= 15 is 0 Å². The van der Waals surface area contributed by atoms with E-state index in [0.717, 1.165) is 26.0 Å². The van der Waals surface area contributed by atoms with Gasteiger partial charge in [-0.15, -0.1) is 6.58 Å². The monoisotopic (exact) mass is 210 g/mol. The first-order valence-corrected chi connectivity index (χ1v) is 6.03. The lowest BCUT2D eigenvalue weighted by Gasteiger charge is -2.37. The van der Waals surface area contributed by atoms with Crippen molar-refractivity contribution in [3.63, 3.8) is 0 Å². The second-order valence-electron chi connectivity index (χ2n) is 4.69. The summed E-state index contributed by atoms with van der Waals surface area (Å²) in [6.07, 6.45) is 6.77. The fourth-order valence-electron chi connectivity index (χ4n) is 2.60. The highest BCUT2D eigenvalue weighted by Crippen LogP contribution is 2.24. The number of hydrogen-bond donors (Lipinski definition) is 1. The SMILES string of the molecule is C=CCCC(N)C1CN2CCCC2CO1. The van der Waals surface area contributed by atoms with Crippen LogP contribution in [-0.2, 0) is 4.74 Å². The van der Waals surface area contributed by atoms with Crippen molar-refractivity contribution in [3.05, 3.63) is 12.7 Å². The Morgan fingerprint density at radius 1 is 1.60 bits per heavy atom. The van der Waals surface area contributed by atoms with Crippen LogP contribution in [0.15, 0.2) is 12.7 Å². The Bertz CT molecular complexity index is 220. The van der Waals surface area contributed by atoms with Crippen molar-refractivity contribution in [2.24, 2.45) is 5.73 Å². The van der Waals surface area contributed by atoms with Gasteiger partial charge in [-0.05, 0) is 32.2 Å². The number of nitrogens with zero attached hydrogens (tertiary/aromatic N) is 1. The minimum absolute atomic E-state index is 0.171. The third-order valence-corrected chi connectivity index (χ3v) is 3.60. The van der Waals surface area contributed by atoms with Crippen LogP contribution in [0.25, 0.3) is 0 Å². The molecule has 0 bridgehead atoms. The van der Waals surface area contributed by atoms with Gasteiger partial charge in [0.25, 0.3) is 0 Å². The Morgan fingerprint density at radius 3 is 3.27 bits per heavy atom. The van der Waals surface area contributed by atoms with E-state index < -0.39 is 0 Å². The third kappa shape index (κ3) is 2.60. The number of nitrogens with two attached hydrogens (primary N) is 1. The minimum atomic E-state index is 0.171. The summed E-state index contributed by atoms with van der Waals surface area (Å²) in [4.78, 5) is 2.54. The largest absolute Gasteiger partial charge is 0.374 e. The van der Waals surface area contributed by atoms with Gasteiger partial charge in [0.1, 0.15) is 0 Å². The molecule has 0 radical (unpaired) electrons. The van der Waals surface area contributed by atoms with Crippen molar-refractivity contribution in [1.29, 1.82) is 0 Å². The van der Waals surface area contributed by atoms with Gasteiger partial charge in [-0.2, -0.15) is 0 Å². The molecule has 0 aromatic carbocycles. The van der Waals surface area contributed by atoms with Crippen LogP contribution in [0.4, 0.5) is 0 Å². The van der Waals surface area contributed by atoms with Crippen LogP contribution in [-0.4, -0.2) is 42.8 Å². The average Bonchev–Trinajstić information content (AvgIpc) is 2.72. The van der Waals surface area contributed by atoms with Crippen molar-refractivity contribution in [3.8, 4) is 0 Å².